The second kappa shape index (κ2) is 6.25. The third-order valence-electron chi connectivity index (χ3n) is 3.13. The van der Waals surface area contributed by atoms with Crippen LogP contribution in [0.2, 0.25) is 5.02 Å². The van der Waals surface area contributed by atoms with Crippen molar-refractivity contribution < 1.29 is 13.3 Å². The van der Waals surface area contributed by atoms with Crippen LogP contribution < -0.4 is 5.76 Å². The monoisotopic (exact) mass is 338 g/mol. The van der Waals surface area contributed by atoms with Gasteiger partial charge < -0.3 is 0 Å². The molecule has 3 aromatic rings. The summed E-state index contributed by atoms with van der Waals surface area (Å²) in [4.78, 5) is 19.3. The highest BCUT2D eigenvalue weighted by Gasteiger charge is 2.16. The zero-order valence-corrected chi connectivity index (χ0v) is 12.3. The lowest BCUT2D eigenvalue weighted by Crippen LogP contribution is -2.19. The Morgan fingerprint density at radius 2 is 1.96 bits per heavy atom. The van der Waals surface area contributed by atoms with Gasteiger partial charge in [0.1, 0.15) is 11.6 Å². The van der Waals surface area contributed by atoms with Crippen molar-refractivity contribution in [1.29, 1.82) is 0 Å². The van der Waals surface area contributed by atoms with Crippen LogP contribution in [0.25, 0.3) is 0 Å². The first kappa shape index (κ1) is 15.3. The molecule has 0 aliphatic carbocycles. The van der Waals surface area contributed by atoms with Gasteiger partial charge in [-0.2, -0.15) is 0 Å². The van der Waals surface area contributed by atoms with Crippen molar-refractivity contribution in [3.8, 4) is 0 Å². The summed E-state index contributed by atoms with van der Waals surface area (Å²) in [7, 11) is 0. The number of halogens is 3. The molecule has 9 heteroatoms. The van der Waals surface area contributed by atoms with E-state index in [0.717, 1.165) is 17.0 Å². The molecule has 1 aromatic carbocycles. The molecule has 0 saturated carbocycles. The Morgan fingerprint density at radius 3 is 2.65 bits per heavy atom. The standard InChI is InChI=1S/C14H9ClF2N4O2/c15-10-2-1-3-11(17)9(10)4-13-20-23-14(22)21(13)7-12-18-5-8(16)6-19-12/h1-3,5-6H,4,7H2. The van der Waals surface area contributed by atoms with Crippen molar-refractivity contribution in [3.63, 3.8) is 0 Å². The van der Waals surface area contributed by atoms with Gasteiger partial charge in [0, 0.05) is 17.0 Å². The fourth-order valence-electron chi connectivity index (χ4n) is 2.00. The molecule has 3 rings (SSSR count). The van der Waals surface area contributed by atoms with E-state index in [0.29, 0.717) is 0 Å². The Bertz CT molecular complexity index is 872. The Balaban J connectivity index is 1.93. The van der Waals surface area contributed by atoms with Crippen LogP contribution in [-0.4, -0.2) is 19.7 Å². The van der Waals surface area contributed by atoms with Gasteiger partial charge in [0.2, 0.25) is 0 Å². The van der Waals surface area contributed by atoms with E-state index in [2.05, 4.69) is 19.6 Å². The minimum Gasteiger partial charge on any atom is -0.296 e. The fourth-order valence-corrected chi connectivity index (χ4v) is 2.23. The maximum absolute atomic E-state index is 13.8. The molecule has 0 fully saturated rings. The summed E-state index contributed by atoms with van der Waals surface area (Å²) >= 11 is 5.96. The number of nitrogens with zero attached hydrogens (tertiary/aromatic N) is 4. The molecule has 0 amide bonds. The Hall–Kier alpha value is -2.61. The largest absolute Gasteiger partial charge is 0.442 e. The molecule has 2 aromatic heterocycles. The van der Waals surface area contributed by atoms with E-state index in [-0.39, 0.29) is 35.2 Å². The summed E-state index contributed by atoms with van der Waals surface area (Å²) in [6.07, 6.45) is 1.92. The molecular formula is C14H9ClF2N4O2. The van der Waals surface area contributed by atoms with Crippen molar-refractivity contribution in [2.75, 3.05) is 0 Å². The lowest BCUT2D eigenvalue weighted by molar-refractivity contribution is 0.374. The van der Waals surface area contributed by atoms with Crippen molar-refractivity contribution >= 4 is 11.6 Å². The number of hydrogen-bond donors (Lipinski definition) is 0. The van der Waals surface area contributed by atoms with Crippen LogP contribution in [0.3, 0.4) is 0 Å². The summed E-state index contributed by atoms with van der Waals surface area (Å²) < 4.78 is 32.4. The van der Waals surface area contributed by atoms with E-state index in [9.17, 15) is 13.6 Å². The average Bonchev–Trinajstić information content (AvgIpc) is 2.86. The first-order valence-corrected chi connectivity index (χ1v) is 6.87. The maximum atomic E-state index is 13.8. The predicted molar refractivity (Wildman–Crippen MR) is 76.1 cm³/mol. The van der Waals surface area contributed by atoms with Crippen molar-refractivity contribution in [1.82, 2.24) is 19.7 Å². The first-order chi connectivity index (χ1) is 11.0. The van der Waals surface area contributed by atoms with E-state index >= 15 is 0 Å². The Morgan fingerprint density at radius 1 is 1.22 bits per heavy atom. The minimum atomic E-state index is -0.750. The highest BCUT2D eigenvalue weighted by molar-refractivity contribution is 6.31. The highest BCUT2D eigenvalue weighted by atomic mass is 35.5. The van der Waals surface area contributed by atoms with Gasteiger partial charge in [-0.1, -0.05) is 22.8 Å². The summed E-state index contributed by atoms with van der Waals surface area (Å²) in [5, 5.41) is 3.84. The zero-order valence-electron chi connectivity index (χ0n) is 11.5. The van der Waals surface area contributed by atoms with Gasteiger partial charge in [0.05, 0.1) is 18.9 Å². The van der Waals surface area contributed by atoms with Crippen LogP contribution in [0.4, 0.5) is 8.78 Å². The third-order valence-corrected chi connectivity index (χ3v) is 3.49. The molecule has 0 radical (unpaired) electrons. The zero-order chi connectivity index (χ0) is 16.4. The molecule has 23 heavy (non-hydrogen) atoms. The van der Waals surface area contributed by atoms with Crippen LogP contribution in [0, 0.1) is 11.6 Å². The number of benzene rings is 1. The predicted octanol–water partition coefficient (Wildman–Crippen LogP) is 2.20. The summed E-state index contributed by atoms with van der Waals surface area (Å²) in [5.41, 5.74) is 0.191. The highest BCUT2D eigenvalue weighted by Crippen LogP contribution is 2.21. The van der Waals surface area contributed by atoms with Crippen LogP contribution >= 0.6 is 11.6 Å². The minimum absolute atomic E-state index is 0.0432. The van der Waals surface area contributed by atoms with E-state index in [1.54, 1.807) is 0 Å². The van der Waals surface area contributed by atoms with Gasteiger partial charge in [-0.05, 0) is 12.1 Å². The lowest BCUT2D eigenvalue weighted by Gasteiger charge is -2.06. The molecule has 0 N–H and O–H groups in total. The number of hydrogen-bond acceptors (Lipinski definition) is 5. The van der Waals surface area contributed by atoms with E-state index < -0.39 is 17.4 Å². The van der Waals surface area contributed by atoms with Crippen LogP contribution in [0.5, 0.6) is 0 Å². The van der Waals surface area contributed by atoms with Gasteiger partial charge in [0.15, 0.2) is 11.6 Å². The smallest absolute Gasteiger partial charge is 0.296 e. The van der Waals surface area contributed by atoms with E-state index in [4.69, 9.17) is 11.6 Å². The fraction of sp³-hybridized carbons (Fsp3) is 0.143. The van der Waals surface area contributed by atoms with Gasteiger partial charge in [-0.15, -0.1) is 0 Å². The molecular weight excluding hydrogens is 330 g/mol. The summed E-state index contributed by atoms with van der Waals surface area (Å²) in [6.45, 7) is -0.0793. The molecule has 0 bridgehead atoms. The van der Waals surface area contributed by atoms with Gasteiger partial charge in [-0.3, -0.25) is 9.09 Å². The van der Waals surface area contributed by atoms with Crippen LogP contribution in [0.1, 0.15) is 17.2 Å². The van der Waals surface area contributed by atoms with Gasteiger partial charge >= 0.3 is 5.76 Å². The van der Waals surface area contributed by atoms with E-state index in [1.165, 1.54) is 18.2 Å². The molecule has 0 aliphatic heterocycles. The first-order valence-electron chi connectivity index (χ1n) is 6.49. The average molecular weight is 339 g/mol. The normalized spacial score (nSPS) is 10.9. The molecule has 2 heterocycles. The van der Waals surface area contributed by atoms with Crippen LogP contribution in [0.15, 0.2) is 39.9 Å². The Labute approximate surface area is 133 Å². The Kier molecular flexibility index (Phi) is 4.16. The summed E-state index contributed by atoms with van der Waals surface area (Å²) in [5.74, 6) is -1.50. The molecule has 118 valence electrons. The maximum Gasteiger partial charge on any atom is 0.442 e. The van der Waals surface area contributed by atoms with Crippen molar-refractivity contribution in [3.05, 3.63) is 75.0 Å². The second-order valence-corrected chi connectivity index (χ2v) is 5.05. The molecule has 0 saturated heterocycles. The summed E-state index contributed by atoms with van der Waals surface area (Å²) in [6, 6.07) is 4.27. The third kappa shape index (κ3) is 3.26. The van der Waals surface area contributed by atoms with Crippen LogP contribution in [-0.2, 0) is 13.0 Å². The topological polar surface area (TPSA) is 73.8 Å². The van der Waals surface area contributed by atoms with Gasteiger partial charge in [0.25, 0.3) is 0 Å². The second-order valence-electron chi connectivity index (χ2n) is 4.65. The van der Waals surface area contributed by atoms with Gasteiger partial charge in [-0.25, -0.2) is 23.5 Å². The number of rotatable bonds is 4. The van der Waals surface area contributed by atoms with Crippen molar-refractivity contribution in [2.45, 2.75) is 13.0 Å². The number of aromatic nitrogens is 4. The molecule has 6 nitrogen and oxygen atoms in total. The SMILES string of the molecule is O=c1onc(Cc2c(F)cccc2Cl)n1Cc1ncc(F)cn1. The molecule has 0 unspecified atom stereocenters. The molecule has 0 atom stereocenters. The lowest BCUT2D eigenvalue weighted by atomic mass is 10.1. The quantitative estimate of drug-likeness (QED) is 0.729. The van der Waals surface area contributed by atoms with Crippen molar-refractivity contribution in [2.24, 2.45) is 0 Å². The van der Waals surface area contributed by atoms with E-state index in [1.807, 2.05) is 0 Å². The molecule has 0 aliphatic rings. The molecule has 0 spiro atoms.